The molecule has 2 N–H and O–H groups in total. The highest BCUT2D eigenvalue weighted by Gasteiger charge is 2.52. The monoisotopic (exact) mass is 570 g/mol. The molecule has 7 nitrogen and oxygen atoms in total. The Bertz CT molecular complexity index is 1120. The summed E-state index contributed by atoms with van der Waals surface area (Å²) < 4.78 is 31.9. The van der Waals surface area contributed by atoms with Gasteiger partial charge in [-0.25, -0.2) is 13.9 Å². The van der Waals surface area contributed by atoms with E-state index in [9.17, 15) is 18.4 Å². The molecule has 1 saturated heterocycles. The largest absolute Gasteiger partial charge is 0.481 e. The Morgan fingerprint density at radius 1 is 1.12 bits per heavy atom. The molecule has 0 aromatic heterocycles. The SMILES string of the molecule is CCC#CCOc1ccc(S(=O)(=O)C2(C(=O)NO)CCN(Cc3ccc(Br)cc3)CC2)cc1.Cl. The minimum absolute atomic E-state index is 0. The fourth-order valence-electron chi connectivity index (χ4n) is 3.88. The van der Waals surface area contributed by atoms with Crippen LogP contribution in [0.3, 0.4) is 0 Å². The fourth-order valence-corrected chi connectivity index (χ4v) is 6.10. The molecule has 0 radical (unpaired) electrons. The van der Waals surface area contributed by atoms with Gasteiger partial charge in [-0.3, -0.25) is 14.9 Å². The molecule has 0 saturated carbocycles. The van der Waals surface area contributed by atoms with Crippen molar-refractivity contribution in [2.24, 2.45) is 0 Å². The quantitative estimate of drug-likeness (QED) is 0.297. The molecule has 1 aliphatic heterocycles. The van der Waals surface area contributed by atoms with Gasteiger partial charge in [-0.1, -0.05) is 40.9 Å². The molecule has 0 atom stereocenters. The van der Waals surface area contributed by atoms with Gasteiger partial charge >= 0.3 is 0 Å². The molecule has 184 valence electrons. The fraction of sp³-hybridized carbons (Fsp3) is 0.375. The van der Waals surface area contributed by atoms with Crippen LogP contribution in [0.5, 0.6) is 5.75 Å². The zero-order valence-corrected chi connectivity index (χ0v) is 22.0. The van der Waals surface area contributed by atoms with Crippen LogP contribution in [0.1, 0.15) is 31.7 Å². The number of hydrogen-bond donors (Lipinski definition) is 2. The van der Waals surface area contributed by atoms with Crippen molar-refractivity contribution in [3.8, 4) is 17.6 Å². The molecule has 1 aliphatic rings. The summed E-state index contributed by atoms with van der Waals surface area (Å²) in [6.07, 6.45) is 0.877. The Morgan fingerprint density at radius 3 is 2.29 bits per heavy atom. The van der Waals surface area contributed by atoms with Crippen LogP contribution in [0.2, 0.25) is 0 Å². The van der Waals surface area contributed by atoms with Crippen LogP contribution in [0.25, 0.3) is 0 Å². The highest BCUT2D eigenvalue weighted by atomic mass is 79.9. The first-order valence-corrected chi connectivity index (χ1v) is 12.9. The highest BCUT2D eigenvalue weighted by Crippen LogP contribution is 2.37. The second kappa shape index (κ2) is 12.6. The number of sulfone groups is 1. The van der Waals surface area contributed by atoms with Crippen molar-refractivity contribution in [1.29, 1.82) is 0 Å². The number of carbonyl (C=O) groups excluding carboxylic acids is 1. The van der Waals surface area contributed by atoms with Crippen LogP contribution < -0.4 is 10.2 Å². The van der Waals surface area contributed by atoms with E-state index in [1.54, 1.807) is 17.6 Å². The van der Waals surface area contributed by atoms with Crippen molar-refractivity contribution in [3.63, 3.8) is 0 Å². The lowest BCUT2D eigenvalue weighted by Gasteiger charge is -2.39. The van der Waals surface area contributed by atoms with Gasteiger partial charge in [-0.05, 0) is 54.8 Å². The van der Waals surface area contributed by atoms with Crippen molar-refractivity contribution in [1.82, 2.24) is 10.4 Å². The number of benzene rings is 2. The Labute approximate surface area is 215 Å². The Hall–Kier alpha value is -2.09. The van der Waals surface area contributed by atoms with Gasteiger partial charge in [-0.15, -0.1) is 18.3 Å². The van der Waals surface area contributed by atoms with Gasteiger partial charge in [0.15, 0.2) is 14.6 Å². The van der Waals surface area contributed by atoms with Gasteiger partial charge in [0.1, 0.15) is 12.4 Å². The van der Waals surface area contributed by atoms with Gasteiger partial charge in [0.2, 0.25) is 0 Å². The predicted octanol–water partition coefficient (Wildman–Crippen LogP) is 3.98. The maximum atomic E-state index is 13.6. The number of carbonyl (C=O) groups is 1. The summed E-state index contributed by atoms with van der Waals surface area (Å²) in [5.74, 6) is 5.34. The van der Waals surface area contributed by atoms with E-state index in [1.807, 2.05) is 31.2 Å². The number of nitrogens with one attached hydrogen (secondary N) is 1. The summed E-state index contributed by atoms with van der Waals surface area (Å²) in [5.41, 5.74) is 2.69. The minimum atomic E-state index is -4.07. The van der Waals surface area contributed by atoms with E-state index < -0.39 is 20.5 Å². The summed E-state index contributed by atoms with van der Waals surface area (Å²) in [6, 6.07) is 13.9. The molecule has 0 aliphatic carbocycles. The first-order chi connectivity index (χ1) is 15.8. The van der Waals surface area contributed by atoms with Crippen molar-refractivity contribution in [2.45, 2.75) is 42.4 Å². The number of piperidine rings is 1. The zero-order valence-electron chi connectivity index (χ0n) is 18.8. The van der Waals surface area contributed by atoms with Crippen molar-refractivity contribution in [2.75, 3.05) is 19.7 Å². The van der Waals surface area contributed by atoms with Crippen LogP contribution >= 0.6 is 28.3 Å². The number of ether oxygens (including phenoxy) is 1. The van der Waals surface area contributed by atoms with Gasteiger partial charge in [0.25, 0.3) is 5.91 Å². The maximum absolute atomic E-state index is 13.6. The summed E-state index contributed by atoms with van der Waals surface area (Å²) in [6.45, 7) is 3.61. The second-order valence-electron chi connectivity index (χ2n) is 7.81. The van der Waals surface area contributed by atoms with Crippen LogP contribution in [-0.2, 0) is 21.2 Å². The molecule has 3 rings (SSSR count). The lowest BCUT2D eigenvalue weighted by molar-refractivity contribution is -0.133. The van der Waals surface area contributed by atoms with Gasteiger partial charge in [0, 0.05) is 30.5 Å². The van der Waals surface area contributed by atoms with Crippen LogP contribution in [0.4, 0.5) is 0 Å². The van der Waals surface area contributed by atoms with E-state index in [0.29, 0.717) is 25.4 Å². The lowest BCUT2D eigenvalue weighted by Crippen LogP contribution is -2.57. The highest BCUT2D eigenvalue weighted by molar-refractivity contribution is 9.10. The third-order valence-corrected chi connectivity index (χ3v) is 8.80. The molecule has 0 spiro atoms. The summed E-state index contributed by atoms with van der Waals surface area (Å²) in [5, 5.41) is 9.36. The molecule has 1 amide bonds. The number of nitrogens with zero attached hydrogens (tertiary/aromatic N) is 1. The smallest absolute Gasteiger partial charge is 0.265 e. The van der Waals surface area contributed by atoms with Crippen LogP contribution in [0.15, 0.2) is 57.9 Å². The second-order valence-corrected chi connectivity index (χ2v) is 11.0. The number of halogens is 2. The Balaban J connectivity index is 0.00000408. The van der Waals surface area contributed by atoms with Crippen molar-refractivity contribution in [3.05, 3.63) is 58.6 Å². The summed E-state index contributed by atoms with van der Waals surface area (Å²) >= 11 is 3.41. The number of hydroxylamine groups is 1. The van der Waals surface area contributed by atoms with E-state index >= 15 is 0 Å². The standard InChI is InChI=1S/C24H27BrN2O5S.ClH/c1-2-3-4-17-32-21-9-11-22(12-10-21)33(30,31)24(23(28)26-29)13-15-27(16-14-24)18-19-5-7-20(25)8-6-19;/h5-12,29H,2,13-18H2,1H3,(H,26,28);1H. The molecule has 0 unspecified atom stereocenters. The topological polar surface area (TPSA) is 95.9 Å². The van der Waals surface area contributed by atoms with E-state index in [2.05, 4.69) is 32.7 Å². The normalized spacial score (nSPS) is 15.4. The summed E-state index contributed by atoms with van der Waals surface area (Å²) in [4.78, 5) is 14.8. The van der Waals surface area contributed by atoms with Crippen molar-refractivity contribution >= 4 is 44.1 Å². The molecular formula is C24H28BrClN2O5S. The maximum Gasteiger partial charge on any atom is 0.265 e. The zero-order chi connectivity index (χ0) is 23.9. The van der Waals surface area contributed by atoms with Gasteiger partial charge < -0.3 is 4.74 Å². The van der Waals surface area contributed by atoms with Gasteiger partial charge in [0.05, 0.1) is 4.90 Å². The number of amides is 1. The number of rotatable bonds is 7. The van der Waals surface area contributed by atoms with Crippen LogP contribution in [-0.4, -0.2) is 48.9 Å². The van der Waals surface area contributed by atoms with Crippen LogP contribution in [0, 0.1) is 11.8 Å². The van der Waals surface area contributed by atoms with E-state index in [1.165, 1.54) is 12.1 Å². The number of hydrogen-bond acceptors (Lipinski definition) is 6. The third-order valence-electron chi connectivity index (χ3n) is 5.76. The summed E-state index contributed by atoms with van der Waals surface area (Å²) in [7, 11) is -4.07. The number of likely N-dealkylation sites (tertiary alicyclic amines) is 1. The van der Waals surface area contributed by atoms with E-state index in [0.717, 1.165) is 16.5 Å². The molecular weight excluding hydrogens is 544 g/mol. The van der Waals surface area contributed by atoms with E-state index in [4.69, 9.17) is 4.74 Å². The average molecular weight is 572 g/mol. The molecule has 1 heterocycles. The molecule has 10 heteroatoms. The Morgan fingerprint density at radius 2 is 1.74 bits per heavy atom. The first kappa shape index (κ1) is 28.1. The molecule has 34 heavy (non-hydrogen) atoms. The first-order valence-electron chi connectivity index (χ1n) is 10.7. The van der Waals surface area contributed by atoms with Gasteiger partial charge in [-0.2, -0.15) is 0 Å². The van der Waals surface area contributed by atoms with Crippen molar-refractivity contribution < 1.29 is 23.2 Å². The third kappa shape index (κ3) is 6.32. The molecule has 2 aromatic carbocycles. The molecule has 1 fully saturated rings. The predicted molar refractivity (Wildman–Crippen MR) is 136 cm³/mol. The van der Waals surface area contributed by atoms with E-state index in [-0.39, 0.29) is 36.8 Å². The average Bonchev–Trinajstić information content (AvgIpc) is 2.83. The minimum Gasteiger partial charge on any atom is -0.481 e. The lowest BCUT2D eigenvalue weighted by atomic mass is 9.94. The molecule has 2 aromatic rings. The molecule has 0 bridgehead atoms. The Kier molecular flexibility index (Phi) is 10.4.